The Labute approximate surface area is 101 Å². The quantitative estimate of drug-likeness (QED) is 0.866. The summed E-state index contributed by atoms with van der Waals surface area (Å²) < 4.78 is 1.61. The number of nitrogens with one attached hydrogen (secondary N) is 1. The molecule has 0 aliphatic heterocycles. The van der Waals surface area contributed by atoms with Gasteiger partial charge in [0.2, 0.25) is 5.78 Å². The second-order valence-corrected chi connectivity index (χ2v) is 5.14. The molecule has 0 amide bonds. The second kappa shape index (κ2) is 4.02. The van der Waals surface area contributed by atoms with Crippen LogP contribution in [0.5, 0.6) is 0 Å². The highest BCUT2D eigenvalue weighted by Gasteiger charge is 2.14. The van der Waals surface area contributed by atoms with Gasteiger partial charge in [-0.05, 0) is 18.8 Å². The van der Waals surface area contributed by atoms with Crippen LogP contribution in [0.4, 0.5) is 0 Å². The number of aromatic nitrogens is 3. The van der Waals surface area contributed by atoms with Crippen molar-refractivity contribution in [1.82, 2.24) is 14.4 Å². The highest BCUT2D eigenvalue weighted by Crippen LogP contribution is 2.17. The van der Waals surface area contributed by atoms with Crippen LogP contribution in [0.2, 0.25) is 0 Å². The molecule has 0 fully saturated rings. The van der Waals surface area contributed by atoms with E-state index in [0.717, 1.165) is 17.0 Å². The van der Waals surface area contributed by atoms with Gasteiger partial charge in [0.05, 0.1) is 5.69 Å². The Bertz CT molecular complexity index is 605. The van der Waals surface area contributed by atoms with Crippen molar-refractivity contribution in [3.8, 4) is 0 Å². The number of hydrogen-bond donors (Lipinski definition) is 1. The van der Waals surface area contributed by atoms with Crippen LogP contribution in [0.25, 0.3) is 5.78 Å². The van der Waals surface area contributed by atoms with Crippen molar-refractivity contribution in [1.29, 1.82) is 0 Å². The summed E-state index contributed by atoms with van der Waals surface area (Å²) in [6.07, 6.45) is 1.85. The molecule has 2 aromatic heterocycles. The first-order valence-electron chi connectivity index (χ1n) is 6.03. The monoisotopic (exact) mass is 233 g/mol. The fraction of sp³-hybridized carbons (Fsp3) is 0.538. The first-order valence-corrected chi connectivity index (χ1v) is 6.03. The van der Waals surface area contributed by atoms with E-state index in [-0.39, 0.29) is 11.5 Å². The Balaban J connectivity index is 2.78. The fourth-order valence-electron chi connectivity index (χ4n) is 2.00. The van der Waals surface area contributed by atoms with Crippen molar-refractivity contribution >= 4 is 5.78 Å². The highest BCUT2D eigenvalue weighted by atomic mass is 16.1. The van der Waals surface area contributed by atoms with E-state index in [1.54, 1.807) is 4.40 Å². The SMILES string of the molecule is Cc1c(C(C)C)nc2[nH]c(C(C)C)cn2c1=O. The highest BCUT2D eigenvalue weighted by molar-refractivity contribution is 5.36. The standard InChI is InChI=1S/C13H19N3O/c1-7(2)10-6-16-12(17)9(5)11(8(3)4)15-13(16)14-10/h6-8H,1-5H3,(H,14,15). The minimum absolute atomic E-state index is 0.0295. The van der Waals surface area contributed by atoms with Crippen LogP contribution in [0.3, 0.4) is 0 Å². The van der Waals surface area contributed by atoms with Crippen LogP contribution >= 0.6 is 0 Å². The molecule has 0 saturated heterocycles. The van der Waals surface area contributed by atoms with Gasteiger partial charge in [0, 0.05) is 17.5 Å². The summed E-state index contributed by atoms with van der Waals surface area (Å²) in [4.78, 5) is 19.9. The van der Waals surface area contributed by atoms with E-state index in [2.05, 4.69) is 37.7 Å². The molecular weight excluding hydrogens is 214 g/mol. The third kappa shape index (κ3) is 1.88. The lowest BCUT2D eigenvalue weighted by atomic mass is 10.1. The number of aromatic amines is 1. The van der Waals surface area contributed by atoms with Gasteiger partial charge in [0.1, 0.15) is 0 Å². The van der Waals surface area contributed by atoms with E-state index in [0.29, 0.717) is 11.7 Å². The van der Waals surface area contributed by atoms with Crippen molar-refractivity contribution in [2.45, 2.75) is 46.5 Å². The Morgan fingerprint density at radius 2 is 1.88 bits per heavy atom. The predicted octanol–water partition coefficient (Wildman–Crippen LogP) is 2.58. The zero-order valence-corrected chi connectivity index (χ0v) is 11.0. The van der Waals surface area contributed by atoms with E-state index >= 15 is 0 Å². The van der Waals surface area contributed by atoms with Gasteiger partial charge in [-0.1, -0.05) is 27.7 Å². The summed E-state index contributed by atoms with van der Waals surface area (Å²) in [5, 5.41) is 0. The average Bonchev–Trinajstić information content (AvgIpc) is 2.67. The third-order valence-electron chi connectivity index (χ3n) is 3.07. The van der Waals surface area contributed by atoms with Crippen molar-refractivity contribution in [2.75, 3.05) is 0 Å². The van der Waals surface area contributed by atoms with Crippen LogP contribution in [-0.2, 0) is 0 Å². The molecule has 0 spiro atoms. The molecule has 1 N–H and O–H groups in total. The lowest BCUT2D eigenvalue weighted by molar-refractivity contribution is 0.796. The first-order chi connectivity index (χ1) is 7.91. The third-order valence-corrected chi connectivity index (χ3v) is 3.07. The Morgan fingerprint density at radius 3 is 2.41 bits per heavy atom. The van der Waals surface area contributed by atoms with Gasteiger partial charge in [-0.3, -0.25) is 9.20 Å². The van der Waals surface area contributed by atoms with Gasteiger partial charge < -0.3 is 4.98 Å². The number of hydrogen-bond acceptors (Lipinski definition) is 2. The molecule has 0 radical (unpaired) electrons. The molecule has 4 nitrogen and oxygen atoms in total. The van der Waals surface area contributed by atoms with Crippen LogP contribution in [-0.4, -0.2) is 14.4 Å². The summed E-state index contributed by atoms with van der Waals surface area (Å²) in [6.45, 7) is 10.1. The molecule has 0 bridgehead atoms. The zero-order valence-electron chi connectivity index (χ0n) is 11.0. The lowest BCUT2D eigenvalue weighted by Crippen LogP contribution is -2.19. The van der Waals surface area contributed by atoms with Crippen molar-refractivity contribution in [2.24, 2.45) is 0 Å². The van der Waals surface area contributed by atoms with Gasteiger partial charge in [0.25, 0.3) is 5.56 Å². The van der Waals surface area contributed by atoms with Crippen molar-refractivity contribution in [3.63, 3.8) is 0 Å². The second-order valence-electron chi connectivity index (χ2n) is 5.14. The lowest BCUT2D eigenvalue weighted by Gasteiger charge is -2.07. The van der Waals surface area contributed by atoms with Crippen LogP contribution in [0.15, 0.2) is 11.0 Å². The summed E-state index contributed by atoms with van der Waals surface area (Å²) >= 11 is 0. The minimum atomic E-state index is 0.0295. The Morgan fingerprint density at radius 1 is 1.24 bits per heavy atom. The number of imidazole rings is 1. The minimum Gasteiger partial charge on any atom is -0.327 e. The number of fused-ring (bicyclic) bond motifs is 1. The average molecular weight is 233 g/mol. The van der Waals surface area contributed by atoms with Gasteiger partial charge in [-0.2, -0.15) is 0 Å². The smallest absolute Gasteiger partial charge is 0.262 e. The maximum atomic E-state index is 12.2. The van der Waals surface area contributed by atoms with Gasteiger partial charge in [-0.15, -0.1) is 0 Å². The zero-order chi connectivity index (χ0) is 12.7. The summed E-state index contributed by atoms with van der Waals surface area (Å²) in [7, 11) is 0. The van der Waals surface area contributed by atoms with Crippen LogP contribution < -0.4 is 5.56 Å². The molecule has 2 rings (SSSR count). The van der Waals surface area contributed by atoms with Gasteiger partial charge in [-0.25, -0.2) is 4.98 Å². The van der Waals surface area contributed by atoms with E-state index < -0.39 is 0 Å². The molecule has 92 valence electrons. The molecule has 2 heterocycles. The largest absolute Gasteiger partial charge is 0.327 e. The molecule has 17 heavy (non-hydrogen) atoms. The van der Waals surface area contributed by atoms with E-state index in [4.69, 9.17) is 0 Å². The molecule has 4 heteroatoms. The molecule has 0 aliphatic carbocycles. The molecule has 0 saturated carbocycles. The summed E-state index contributed by atoms with van der Waals surface area (Å²) in [5.74, 6) is 1.27. The van der Waals surface area contributed by atoms with Crippen molar-refractivity contribution in [3.05, 3.63) is 33.5 Å². The van der Waals surface area contributed by atoms with Crippen LogP contribution in [0, 0.1) is 6.92 Å². The van der Waals surface area contributed by atoms with E-state index in [9.17, 15) is 4.79 Å². The Hall–Kier alpha value is -1.58. The maximum Gasteiger partial charge on any atom is 0.262 e. The topological polar surface area (TPSA) is 50.2 Å². The molecule has 0 aromatic carbocycles. The Kier molecular flexibility index (Phi) is 2.81. The summed E-state index contributed by atoms with van der Waals surface area (Å²) in [5.41, 5.74) is 2.69. The van der Waals surface area contributed by atoms with Gasteiger partial charge >= 0.3 is 0 Å². The number of rotatable bonds is 2. The number of nitrogens with zero attached hydrogens (tertiary/aromatic N) is 2. The molecule has 2 aromatic rings. The molecule has 0 unspecified atom stereocenters. The van der Waals surface area contributed by atoms with Crippen LogP contribution in [0.1, 0.15) is 56.5 Å². The normalized spacial score (nSPS) is 11.9. The molecular formula is C13H19N3O. The number of H-pyrrole nitrogens is 1. The van der Waals surface area contributed by atoms with E-state index in [1.807, 2.05) is 13.1 Å². The first kappa shape index (κ1) is 11.9. The van der Waals surface area contributed by atoms with E-state index in [1.165, 1.54) is 0 Å². The predicted molar refractivity (Wildman–Crippen MR) is 68.7 cm³/mol. The maximum absolute atomic E-state index is 12.2. The van der Waals surface area contributed by atoms with Gasteiger partial charge in [0.15, 0.2) is 0 Å². The fourth-order valence-corrected chi connectivity index (χ4v) is 2.00. The summed E-state index contributed by atoms with van der Waals surface area (Å²) in [6, 6.07) is 0. The molecule has 0 aliphatic rings. The van der Waals surface area contributed by atoms with Crippen molar-refractivity contribution < 1.29 is 0 Å². The molecule has 0 atom stereocenters.